The van der Waals surface area contributed by atoms with Gasteiger partial charge in [-0.2, -0.15) is 0 Å². The van der Waals surface area contributed by atoms with E-state index in [9.17, 15) is 9.18 Å². The molecule has 1 aromatic rings. The second-order valence-corrected chi connectivity index (χ2v) is 5.32. The molecule has 4 nitrogen and oxygen atoms in total. The molecule has 0 fully saturated rings. The van der Waals surface area contributed by atoms with Crippen LogP contribution in [0.1, 0.15) is 26.2 Å². The predicted molar refractivity (Wildman–Crippen MR) is 83.1 cm³/mol. The van der Waals surface area contributed by atoms with Crippen molar-refractivity contribution < 1.29 is 14.3 Å². The number of hydrogen-bond donors (Lipinski definition) is 2. The summed E-state index contributed by atoms with van der Waals surface area (Å²) in [5.41, 5.74) is 0.0881. The SMILES string of the molecule is CCCCN(CCCO)CC(=O)Nc1cc(Cl)ccc1F. The number of benzene rings is 1. The number of carbonyl (C=O) groups excluding carboxylic acids is 1. The molecule has 2 N–H and O–H groups in total. The minimum absolute atomic E-state index is 0.0881. The summed E-state index contributed by atoms with van der Waals surface area (Å²) in [6.45, 7) is 3.76. The van der Waals surface area contributed by atoms with Gasteiger partial charge in [0.2, 0.25) is 5.91 Å². The summed E-state index contributed by atoms with van der Waals surface area (Å²) in [6.07, 6.45) is 2.62. The second kappa shape index (κ2) is 9.71. The van der Waals surface area contributed by atoms with Crippen molar-refractivity contribution in [2.75, 3.05) is 31.6 Å². The van der Waals surface area contributed by atoms with Crippen molar-refractivity contribution in [3.63, 3.8) is 0 Å². The van der Waals surface area contributed by atoms with E-state index < -0.39 is 5.82 Å². The molecule has 0 bridgehead atoms. The molecule has 0 atom stereocenters. The third-order valence-corrected chi connectivity index (χ3v) is 3.27. The molecule has 0 aliphatic carbocycles. The maximum Gasteiger partial charge on any atom is 0.238 e. The summed E-state index contributed by atoms with van der Waals surface area (Å²) in [5.74, 6) is -0.798. The zero-order valence-electron chi connectivity index (χ0n) is 12.2. The molecule has 0 saturated carbocycles. The first kappa shape index (κ1) is 17.9. The zero-order valence-corrected chi connectivity index (χ0v) is 13.0. The average molecular weight is 317 g/mol. The van der Waals surface area contributed by atoms with Crippen LogP contribution in [-0.2, 0) is 4.79 Å². The number of nitrogens with one attached hydrogen (secondary N) is 1. The van der Waals surface area contributed by atoms with E-state index in [1.54, 1.807) is 0 Å². The Balaban J connectivity index is 2.57. The normalized spacial score (nSPS) is 10.9. The number of aliphatic hydroxyl groups is 1. The van der Waals surface area contributed by atoms with Crippen LogP contribution in [-0.4, -0.2) is 42.2 Å². The quantitative estimate of drug-likeness (QED) is 0.736. The Hall–Kier alpha value is -1.17. The summed E-state index contributed by atoms with van der Waals surface area (Å²) in [5, 5.41) is 11.8. The molecule has 0 spiro atoms. The Bertz CT molecular complexity index is 449. The van der Waals surface area contributed by atoms with Gasteiger partial charge in [0.05, 0.1) is 12.2 Å². The van der Waals surface area contributed by atoms with Crippen molar-refractivity contribution in [3.05, 3.63) is 29.0 Å². The lowest BCUT2D eigenvalue weighted by atomic mass is 10.2. The summed E-state index contributed by atoms with van der Waals surface area (Å²) in [6, 6.07) is 4.04. The first-order valence-corrected chi connectivity index (χ1v) is 7.52. The number of hydrogen-bond acceptors (Lipinski definition) is 3. The van der Waals surface area contributed by atoms with Crippen molar-refractivity contribution >= 4 is 23.2 Å². The molecule has 0 heterocycles. The molecule has 0 aliphatic rings. The van der Waals surface area contributed by atoms with E-state index in [2.05, 4.69) is 12.2 Å². The number of unbranched alkanes of at least 4 members (excludes halogenated alkanes) is 1. The Morgan fingerprint density at radius 1 is 1.38 bits per heavy atom. The van der Waals surface area contributed by atoms with Gasteiger partial charge >= 0.3 is 0 Å². The summed E-state index contributed by atoms with van der Waals surface area (Å²) >= 11 is 5.79. The van der Waals surface area contributed by atoms with E-state index in [-0.39, 0.29) is 24.7 Å². The molecule has 0 unspecified atom stereocenters. The molecule has 118 valence electrons. The fourth-order valence-corrected chi connectivity index (χ4v) is 2.10. The van der Waals surface area contributed by atoms with Gasteiger partial charge < -0.3 is 10.4 Å². The summed E-state index contributed by atoms with van der Waals surface area (Å²) < 4.78 is 13.6. The molecule has 0 aliphatic heterocycles. The van der Waals surface area contributed by atoms with Gasteiger partial charge in [0.25, 0.3) is 0 Å². The van der Waals surface area contributed by atoms with Gasteiger partial charge in [-0.3, -0.25) is 9.69 Å². The van der Waals surface area contributed by atoms with Crippen LogP contribution in [0.4, 0.5) is 10.1 Å². The molecule has 1 aromatic carbocycles. The van der Waals surface area contributed by atoms with Gasteiger partial charge in [-0.25, -0.2) is 4.39 Å². The van der Waals surface area contributed by atoms with Crippen LogP contribution < -0.4 is 5.32 Å². The van der Waals surface area contributed by atoms with Crippen LogP contribution in [0.15, 0.2) is 18.2 Å². The third-order valence-electron chi connectivity index (χ3n) is 3.03. The standard InChI is InChI=1S/C15H22ClFN2O2/c1-2-3-7-19(8-4-9-20)11-15(21)18-14-10-12(16)5-6-13(14)17/h5-6,10,20H,2-4,7-9,11H2,1H3,(H,18,21). The lowest BCUT2D eigenvalue weighted by Gasteiger charge is -2.21. The topological polar surface area (TPSA) is 52.6 Å². The maximum atomic E-state index is 13.6. The highest BCUT2D eigenvalue weighted by molar-refractivity contribution is 6.30. The lowest BCUT2D eigenvalue weighted by Crippen LogP contribution is -2.35. The maximum absolute atomic E-state index is 13.6. The Labute approximate surface area is 129 Å². The minimum Gasteiger partial charge on any atom is -0.396 e. The molecule has 0 aromatic heterocycles. The van der Waals surface area contributed by atoms with E-state index in [1.165, 1.54) is 18.2 Å². The fourth-order valence-electron chi connectivity index (χ4n) is 1.93. The molecule has 21 heavy (non-hydrogen) atoms. The Morgan fingerprint density at radius 3 is 2.76 bits per heavy atom. The van der Waals surface area contributed by atoms with Gasteiger partial charge in [-0.1, -0.05) is 24.9 Å². The van der Waals surface area contributed by atoms with Crippen LogP contribution >= 0.6 is 11.6 Å². The second-order valence-electron chi connectivity index (χ2n) is 4.88. The molecule has 0 radical (unpaired) electrons. The number of carbonyl (C=O) groups is 1. The van der Waals surface area contributed by atoms with Crippen LogP contribution in [0.2, 0.25) is 5.02 Å². The van der Waals surface area contributed by atoms with E-state index in [0.717, 1.165) is 19.4 Å². The van der Waals surface area contributed by atoms with Crippen molar-refractivity contribution in [3.8, 4) is 0 Å². The number of amides is 1. The molecule has 0 saturated heterocycles. The van der Waals surface area contributed by atoms with Gasteiger partial charge in [0.15, 0.2) is 0 Å². The largest absolute Gasteiger partial charge is 0.396 e. The van der Waals surface area contributed by atoms with Crippen LogP contribution in [0, 0.1) is 5.82 Å². The monoisotopic (exact) mass is 316 g/mol. The fraction of sp³-hybridized carbons (Fsp3) is 0.533. The molecule has 6 heteroatoms. The van der Waals surface area contributed by atoms with Gasteiger partial charge in [0, 0.05) is 18.2 Å². The average Bonchev–Trinajstić information content (AvgIpc) is 2.45. The number of rotatable bonds is 9. The molecular weight excluding hydrogens is 295 g/mol. The Morgan fingerprint density at radius 2 is 2.10 bits per heavy atom. The Kier molecular flexibility index (Phi) is 8.27. The van der Waals surface area contributed by atoms with Crippen LogP contribution in [0.5, 0.6) is 0 Å². The number of anilines is 1. The lowest BCUT2D eigenvalue weighted by molar-refractivity contribution is -0.117. The first-order valence-electron chi connectivity index (χ1n) is 7.15. The molecule has 1 amide bonds. The van der Waals surface area contributed by atoms with Gasteiger partial charge in [-0.15, -0.1) is 0 Å². The summed E-state index contributed by atoms with van der Waals surface area (Å²) in [7, 11) is 0. The van der Waals surface area contributed by atoms with Crippen molar-refractivity contribution in [2.45, 2.75) is 26.2 Å². The predicted octanol–water partition coefficient (Wildman–Crippen LogP) is 2.90. The van der Waals surface area contributed by atoms with Crippen LogP contribution in [0.3, 0.4) is 0 Å². The number of aliphatic hydroxyl groups excluding tert-OH is 1. The van der Waals surface area contributed by atoms with Gasteiger partial charge in [0.1, 0.15) is 5.82 Å². The van der Waals surface area contributed by atoms with E-state index in [0.29, 0.717) is 18.0 Å². The molecular formula is C15H22ClFN2O2. The highest BCUT2D eigenvalue weighted by Gasteiger charge is 2.12. The van der Waals surface area contributed by atoms with E-state index in [1.807, 2.05) is 4.90 Å². The highest BCUT2D eigenvalue weighted by Crippen LogP contribution is 2.19. The van der Waals surface area contributed by atoms with E-state index in [4.69, 9.17) is 16.7 Å². The summed E-state index contributed by atoms with van der Waals surface area (Å²) in [4.78, 5) is 13.9. The van der Waals surface area contributed by atoms with Crippen molar-refractivity contribution in [1.29, 1.82) is 0 Å². The van der Waals surface area contributed by atoms with Crippen LogP contribution in [0.25, 0.3) is 0 Å². The number of halogens is 2. The first-order chi connectivity index (χ1) is 10.1. The minimum atomic E-state index is -0.511. The smallest absolute Gasteiger partial charge is 0.238 e. The van der Waals surface area contributed by atoms with E-state index >= 15 is 0 Å². The van der Waals surface area contributed by atoms with Gasteiger partial charge in [-0.05, 0) is 37.6 Å². The third kappa shape index (κ3) is 6.89. The zero-order chi connectivity index (χ0) is 15.7. The van der Waals surface area contributed by atoms with Crippen molar-refractivity contribution in [1.82, 2.24) is 4.90 Å². The highest BCUT2D eigenvalue weighted by atomic mass is 35.5. The molecule has 1 rings (SSSR count). The number of nitrogens with zero attached hydrogens (tertiary/aromatic N) is 1. The van der Waals surface area contributed by atoms with Crippen molar-refractivity contribution in [2.24, 2.45) is 0 Å².